The molecule has 25 heavy (non-hydrogen) atoms. The normalized spacial score (nSPS) is 16.0. The smallest absolute Gasteiger partial charge is 0.133 e. The fraction of sp³-hybridized carbons (Fsp3) is 0.238. The number of hydrogen-bond donors (Lipinski definition) is 0. The molecule has 1 atom stereocenters. The molecule has 0 saturated carbocycles. The van der Waals surface area contributed by atoms with Crippen LogP contribution in [0.4, 0.5) is 5.69 Å². The van der Waals surface area contributed by atoms with E-state index in [0.717, 1.165) is 17.1 Å². The first-order valence-corrected chi connectivity index (χ1v) is 8.16. The lowest BCUT2D eigenvalue weighted by Gasteiger charge is -2.30. The molecule has 4 heteroatoms. The highest BCUT2D eigenvalue weighted by molar-refractivity contribution is 5.74. The van der Waals surface area contributed by atoms with Crippen molar-refractivity contribution in [3.63, 3.8) is 0 Å². The fourth-order valence-corrected chi connectivity index (χ4v) is 3.03. The van der Waals surface area contributed by atoms with Crippen molar-refractivity contribution < 1.29 is 14.2 Å². The van der Waals surface area contributed by atoms with Crippen LogP contribution in [-0.2, 0) is 0 Å². The Bertz CT molecular complexity index is 786. The monoisotopic (exact) mass is 337 g/mol. The largest absolute Gasteiger partial charge is 0.496 e. The average Bonchev–Trinajstić information content (AvgIpc) is 2.67. The highest BCUT2D eigenvalue weighted by Gasteiger charge is 2.17. The molecule has 0 aliphatic carbocycles. The third-order valence-corrected chi connectivity index (χ3v) is 4.45. The molecule has 0 bridgehead atoms. The van der Waals surface area contributed by atoms with E-state index in [1.165, 1.54) is 11.3 Å². The van der Waals surface area contributed by atoms with Crippen LogP contribution in [0.15, 0.2) is 48.6 Å². The molecule has 130 valence electrons. The lowest BCUT2D eigenvalue weighted by molar-refractivity contribution is 0.374. The number of rotatable bonds is 5. The van der Waals surface area contributed by atoms with E-state index in [9.17, 15) is 0 Å². The quantitative estimate of drug-likeness (QED) is 0.816. The van der Waals surface area contributed by atoms with E-state index in [2.05, 4.69) is 54.4 Å². The molecule has 0 amide bonds. The van der Waals surface area contributed by atoms with Crippen LogP contribution in [0.1, 0.15) is 11.1 Å². The number of ether oxygens (including phenoxy) is 3. The summed E-state index contributed by atoms with van der Waals surface area (Å²) in [4.78, 5) is 2.24. The molecule has 1 unspecified atom stereocenters. The summed E-state index contributed by atoms with van der Waals surface area (Å²) in [7, 11) is 7.02. The molecule has 0 radical (unpaired) electrons. The number of anilines is 1. The Morgan fingerprint density at radius 1 is 0.960 bits per heavy atom. The van der Waals surface area contributed by atoms with E-state index in [1.807, 2.05) is 18.2 Å². The standard InChI is InChI=1S/C21H23NO3/c1-22-16(10-9-15-7-5-6-8-19(15)22)11-12-18-20(24-3)13-17(23-2)14-21(18)25-4/h5-14,16H,1-4H3/b12-11+. The van der Waals surface area contributed by atoms with Crippen molar-refractivity contribution >= 4 is 17.8 Å². The van der Waals surface area contributed by atoms with Gasteiger partial charge >= 0.3 is 0 Å². The predicted molar refractivity (Wildman–Crippen MR) is 103 cm³/mol. The number of para-hydroxylation sites is 1. The van der Waals surface area contributed by atoms with Gasteiger partial charge < -0.3 is 19.1 Å². The first kappa shape index (κ1) is 17.0. The van der Waals surface area contributed by atoms with Crippen molar-refractivity contribution in [1.82, 2.24) is 0 Å². The van der Waals surface area contributed by atoms with Crippen LogP contribution in [-0.4, -0.2) is 34.4 Å². The Balaban J connectivity index is 1.93. The van der Waals surface area contributed by atoms with Gasteiger partial charge in [0.05, 0.1) is 32.9 Å². The summed E-state index contributed by atoms with van der Waals surface area (Å²) in [5.74, 6) is 2.14. The summed E-state index contributed by atoms with van der Waals surface area (Å²) in [5.41, 5.74) is 3.34. The summed E-state index contributed by atoms with van der Waals surface area (Å²) in [5, 5.41) is 0. The molecule has 2 aromatic carbocycles. The van der Waals surface area contributed by atoms with Gasteiger partial charge in [-0.05, 0) is 17.7 Å². The summed E-state index contributed by atoms with van der Waals surface area (Å²) in [6.45, 7) is 0. The van der Waals surface area contributed by atoms with Crippen molar-refractivity contribution in [3.8, 4) is 17.2 Å². The molecule has 0 fully saturated rings. The Morgan fingerprint density at radius 2 is 1.64 bits per heavy atom. The second-order valence-electron chi connectivity index (χ2n) is 5.82. The Hall–Kier alpha value is -2.88. The van der Waals surface area contributed by atoms with Gasteiger partial charge in [0.25, 0.3) is 0 Å². The minimum atomic E-state index is 0.159. The van der Waals surface area contributed by atoms with Crippen LogP contribution in [0, 0.1) is 0 Å². The van der Waals surface area contributed by atoms with E-state index >= 15 is 0 Å². The highest BCUT2D eigenvalue weighted by atomic mass is 16.5. The Kier molecular flexibility index (Phi) is 4.98. The maximum absolute atomic E-state index is 5.51. The number of benzene rings is 2. The van der Waals surface area contributed by atoms with Gasteiger partial charge in [-0.25, -0.2) is 0 Å². The van der Waals surface area contributed by atoms with Gasteiger partial charge in [-0.3, -0.25) is 0 Å². The van der Waals surface area contributed by atoms with Gasteiger partial charge in [-0.2, -0.15) is 0 Å². The molecule has 0 saturated heterocycles. The molecule has 1 aliphatic heterocycles. The number of hydrogen-bond acceptors (Lipinski definition) is 4. The summed E-state index contributed by atoms with van der Waals surface area (Å²) in [6.07, 6.45) is 8.52. The van der Waals surface area contributed by atoms with E-state index in [0.29, 0.717) is 5.75 Å². The molecule has 4 nitrogen and oxygen atoms in total. The molecule has 2 aromatic rings. The van der Waals surface area contributed by atoms with Crippen molar-refractivity contribution in [2.45, 2.75) is 6.04 Å². The number of likely N-dealkylation sites (N-methyl/N-ethyl adjacent to an activating group) is 1. The van der Waals surface area contributed by atoms with Crippen LogP contribution >= 0.6 is 0 Å². The first-order valence-electron chi connectivity index (χ1n) is 8.16. The van der Waals surface area contributed by atoms with Crippen LogP contribution in [0.3, 0.4) is 0 Å². The summed E-state index contributed by atoms with van der Waals surface area (Å²) >= 11 is 0. The zero-order valence-corrected chi connectivity index (χ0v) is 15.0. The van der Waals surface area contributed by atoms with Gasteiger partial charge in [0, 0.05) is 24.9 Å². The molecule has 0 N–H and O–H groups in total. The molecular weight excluding hydrogens is 314 g/mol. The molecule has 3 rings (SSSR count). The van der Waals surface area contributed by atoms with Crippen molar-refractivity contribution in [3.05, 3.63) is 59.7 Å². The van der Waals surface area contributed by atoms with Crippen LogP contribution in [0.5, 0.6) is 17.2 Å². The third kappa shape index (κ3) is 3.33. The third-order valence-electron chi connectivity index (χ3n) is 4.45. The number of methoxy groups -OCH3 is 3. The second kappa shape index (κ2) is 7.34. The van der Waals surface area contributed by atoms with Gasteiger partial charge in [-0.15, -0.1) is 0 Å². The SMILES string of the molecule is COc1cc(OC)c(/C=C/C2C=Cc3ccccc3N2C)c(OC)c1. The number of fused-ring (bicyclic) bond motifs is 1. The predicted octanol–water partition coefficient (Wildman–Crippen LogP) is 4.26. The van der Waals surface area contributed by atoms with Gasteiger partial charge in [-0.1, -0.05) is 36.4 Å². The summed E-state index contributed by atoms with van der Waals surface area (Å²) < 4.78 is 16.3. The molecular formula is C21H23NO3. The van der Waals surface area contributed by atoms with E-state index in [-0.39, 0.29) is 6.04 Å². The average molecular weight is 337 g/mol. The van der Waals surface area contributed by atoms with E-state index < -0.39 is 0 Å². The van der Waals surface area contributed by atoms with Crippen LogP contribution < -0.4 is 19.1 Å². The topological polar surface area (TPSA) is 30.9 Å². The van der Waals surface area contributed by atoms with E-state index in [4.69, 9.17) is 14.2 Å². The molecule has 1 aliphatic rings. The van der Waals surface area contributed by atoms with Crippen molar-refractivity contribution in [1.29, 1.82) is 0 Å². The van der Waals surface area contributed by atoms with E-state index in [1.54, 1.807) is 21.3 Å². The highest BCUT2D eigenvalue weighted by Crippen LogP contribution is 2.36. The molecule has 1 heterocycles. The van der Waals surface area contributed by atoms with Gasteiger partial charge in [0.1, 0.15) is 17.2 Å². The maximum Gasteiger partial charge on any atom is 0.133 e. The zero-order valence-electron chi connectivity index (χ0n) is 15.0. The van der Waals surface area contributed by atoms with Crippen LogP contribution in [0.2, 0.25) is 0 Å². The number of nitrogens with zero attached hydrogens (tertiary/aromatic N) is 1. The summed E-state index contributed by atoms with van der Waals surface area (Å²) in [6, 6.07) is 12.2. The first-order chi connectivity index (χ1) is 12.2. The second-order valence-corrected chi connectivity index (χ2v) is 5.82. The van der Waals surface area contributed by atoms with Gasteiger partial charge in [0.2, 0.25) is 0 Å². The minimum Gasteiger partial charge on any atom is -0.496 e. The lowest BCUT2D eigenvalue weighted by Crippen LogP contribution is -2.30. The van der Waals surface area contributed by atoms with Crippen LogP contribution in [0.25, 0.3) is 12.2 Å². The van der Waals surface area contributed by atoms with Crippen molar-refractivity contribution in [2.24, 2.45) is 0 Å². The zero-order chi connectivity index (χ0) is 17.8. The lowest BCUT2D eigenvalue weighted by atomic mass is 10.0. The van der Waals surface area contributed by atoms with Gasteiger partial charge in [0.15, 0.2) is 0 Å². The minimum absolute atomic E-state index is 0.159. The molecule has 0 aromatic heterocycles. The van der Waals surface area contributed by atoms with Crippen molar-refractivity contribution in [2.75, 3.05) is 33.3 Å². The Morgan fingerprint density at radius 3 is 2.28 bits per heavy atom. The fourth-order valence-electron chi connectivity index (χ4n) is 3.03. The molecule has 0 spiro atoms. The maximum atomic E-state index is 5.51. The Labute approximate surface area is 148 Å².